The number of ether oxygens (including phenoxy) is 3. The van der Waals surface area contributed by atoms with Crippen LogP contribution >= 0.6 is 0 Å². The third-order valence-electron chi connectivity index (χ3n) is 5.74. The molecule has 2 aromatic carbocycles. The molecule has 0 aliphatic carbocycles. The lowest BCUT2D eigenvalue weighted by Gasteiger charge is -2.20. The first-order chi connectivity index (χ1) is 16.2. The van der Waals surface area contributed by atoms with Gasteiger partial charge in [0.05, 0.1) is 32.9 Å². The van der Waals surface area contributed by atoms with Gasteiger partial charge < -0.3 is 29.7 Å². The SMILES string of the molecule is COc1cc(N2CC(C(=O)Nc3cc(NC(=O)C(C)C)ccc3C)CC2=O)cc(OC)c1OC. The molecule has 9 nitrogen and oxygen atoms in total. The van der Waals surface area contributed by atoms with E-state index in [1.165, 1.54) is 21.3 Å². The van der Waals surface area contributed by atoms with E-state index >= 15 is 0 Å². The summed E-state index contributed by atoms with van der Waals surface area (Å²) in [5.41, 5.74) is 2.59. The van der Waals surface area contributed by atoms with Crippen LogP contribution in [0.3, 0.4) is 0 Å². The molecule has 3 amide bonds. The molecule has 3 rings (SSSR count). The molecule has 34 heavy (non-hydrogen) atoms. The van der Waals surface area contributed by atoms with Crippen molar-refractivity contribution in [2.45, 2.75) is 27.2 Å². The number of carbonyl (C=O) groups is 3. The van der Waals surface area contributed by atoms with E-state index in [1.807, 2.05) is 26.8 Å². The zero-order valence-electron chi connectivity index (χ0n) is 20.4. The van der Waals surface area contributed by atoms with Gasteiger partial charge in [0.2, 0.25) is 23.5 Å². The van der Waals surface area contributed by atoms with Crippen molar-refractivity contribution >= 4 is 34.8 Å². The van der Waals surface area contributed by atoms with Crippen molar-refractivity contribution in [1.29, 1.82) is 0 Å². The first-order valence-corrected chi connectivity index (χ1v) is 11.0. The fourth-order valence-corrected chi connectivity index (χ4v) is 3.71. The smallest absolute Gasteiger partial charge is 0.229 e. The maximum Gasteiger partial charge on any atom is 0.229 e. The average molecular weight is 470 g/mol. The zero-order valence-corrected chi connectivity index (χ0v) is 20.4. The minimum Gasteiger partial charge on any atom is -0.493 e. The molecule has 0 spiro atoms. The minimum absolute atomic E-state index is 0.0747. The standard InChI is InChI=1S/C25H31N3O6/c1-14(2)24(30)26-17-8-7-15(3)19(10-17)27-25(31)16-9-22(29)28(13-16)18-11-20(32-4)23(34-6)21(12-18)33-5/h7-8,10-12,14,16H,9,13H2,1-6H3,(H,26,30)(H,27,31). The van der Waals surface area contributed by atoms with E-state index in [9.17, 15) is 14.4 Å². The summed E-state index contributed by atoms with van der Waals surface area (Å²) in [7, 11) is 4.51. The van der Waals surface area contributed by atoms with Crippen molar-refractivity contribution in [3.63, 3.8) is 0 Å². The summed E-state index contributed by atoms with van der Waals surface area (Å²) in [5.74, 6) is 0.0211. The number of nitrogens with zero attached hydrogens (tertiary/aromatic N) is 1. The van der Waals surface area contributed by atoms with E-state index in [2.05, 4.69) is 10.6 Å². The Bertz CT molecular complexity index is 1070. The molecule has 1 aliphatic heterocycles. The summed E-state index contributed by atoms with van der Waals surface area (Å²) in [6.45, 7) is 5.70. The Kier molecular flexibility index (Phi) is 7.65. The van der Waals surface area contributed by atoms with E-state index in [1.54, 1.807) is 29.2 Å². The summed E-state index contributed by atoms with van der Waals surface area (Å²) in [6, 6.07) is 8.71. The molecular weight excluding hydrogens is 438 g/mol. The summed E-state index contributed by atoms with van der Waals surface area (Å²) >= 11 is 0. The van der Waals surface area contributed by atoms with Crippen molar-refractivity contribution < 1.29 is 28.6 Å². The van der Waals surface area contributed by atoms with Crippen LogP contribution < -0.4 is 29.7 Å². The van der Waals surface area contributed by atoms with Gasteiger partial charge in [-0.2, -0.15) is 0 Å². The molecule has 2 N–H and O–H groups in total. The van der Waals surface area contributed by atoms with Crippen LogP contribution in [0.5, 0.6) is 17.2 Å². The molecular formula is C25H31N3O6. The fourth-order valence-electron chi connectivity index (χ4n) is 3.71. The number of benzene rings is 2. The fraction of sp³-hybridized carbons (Fsp3) is 0.400. The van der Waals surface area contributed by atoms with E-state index in [4.69, 9.17) is 14.2 Å². The Morgan fingerprint density at radius 1 is 1.00 bits per heavy atom. The van der Waals surface area contributed by atoms with Crippen LogP contribution in [0.4, 0.5) is 17.1 Å². The Balaban J connectivity index is 1.77. The maximum absolute atomic E-state index is 13.0. The van der Waals surface area contributed by atoms with Crippen molar-refractivity contribution in [2.24, 2.45) is 11.8 Å². The van der Waals surface area contributed by atoms with Crippen LogP contribution in [0.15, 0.2) is 30.3 Å². The van der Waals surface area contributed by atoms with E-state index < -0.39 is 5.92 Å². The topological polar surface area (TPSA) is 106 Å². The number of hydrogen-bond acceptors (Lipinski definition) is 6. The highest BCUT2D eigenvalue weighted by atomic mass is 16.5. The molecule has 1 fully saturated rings. The largest absolute Gasteiger partial charge is 0.493 e. The number of rotatable bonds is 8. The maximum atomic E-state index is 13.0. The van der Waals surface area contributed by atoms with Crippen LogP contribution in [0.2, 0.25) is 0 Å². The second kappa shape index (κ2) is 10.5. The normalized spacial score (nSPS) is 15.3. The molecule has 9 heteroatoms. The monoisotopic (exact) mass is 469 g/mol. The number of methoxy groups -OCH3 is 3. The van der Waals surface area contributed by atoms with E-state index in [0.717, 1.165) is 5.56 Å². The predicted octanol–water partition coefficient (Wildman–Crippen LogP) is 3.61. The Labute approximate surface area is 199 Å². The van der Waals surface area contributed by atoms with Crippen molar-refractivity contribution in [3.8, 4) is 17.2 Å². The van der Waals surface area contributed by atoms with Gasteiger partial charge in [0.15, 0.2) is 11.5 Å². The molecule has 182 valence electrons. The first kappa shape index (κ1) is 24.9. The minimum atomic E-state index is -0.542. The molecule has 1 atom stereocenters. The van der Waals surface area contributed by atoms with Gasteiger partial charge in [-0.15, -0.1) is 0 Å². The van der Waals surface area contributed by atoms with Crippen LogP contribution in [0, 0.1) is 18.8 Å². The Morgan fingerprint density at radius 2 is 1.65 bits per heavy atom. The second-order valence-electron chi connectivity index (χ2n) is 8.45. The number of aryl methyl sites for hydroxylation is 1. The molecule has 2 aromatic rings. The molecule has 1 saturated heterocycles. The first-order valence-electron chi connectivity index (χ1n) is 11.0. The highest BCUT2D eigenvalue weighted by Gasteiger charge is 2.36. The quantitative estimate of drug-likeness (QED) is 0.612. The molecule has 0 aromatic heterocycles. The Hall–Kier alpha value is -3.75. The molecule has 1 unspecified atom stereocenters. The van der Waals surface area contributed by atoms with Gasteiger partial charge in [0.25, 0.3) is 0 Å². The summed E-state index contributed by atoms with van der Waals surface area (Å²) in [4.78, 5) is 39.4. The highest BCUT2D eigenvalue weighted by molar-refractivity contribution is 6.04. The van der Waals surface area contributed by atoms with Crippen LogP contribution in [-0.4, -0.2) is 45.6 Å². The van der Waals surface area contributed by atoms with E-state index in [0.29, 0.717) is 34.3 Å². The van der Waals surface area contributed by atoms with Crippen LogP contribution in [-0.2, 0) is 14.4 Å². The number of anilines is 3. The average Bonchev–Trinajstić information content (AvgIpc) is 3.21. The molecule has 1 aliphatic rings. The Morgan fingerprint density at radius 3 is 2.21 bits per heavy atom. The van der Waals surface area contributed by atoms with Gasteiger partial charge in [-0.3, -0.25) is 14.4 Å². The van der Waals surface area contributed by atoms with Crippen molar-refractivity contribution in [3.05, 3.63) is 35.9 Å². The van der Waals surface area contributed by atoms with Gasteiger partial charge in [0, 0.05) is 42.4 Å². The third kappa shape index (κ3) is 5.24. The highest BCUT2D eigenvalue weighted by Crippen LogP contribution is 2.42. The lowest BCUT2D eigenvalue weighted by molar-refractivity contribution is -0.122. The molecule has 1 heterocycles. The van der Waals surface area contributed by atoms with Crippen LogP contribution in [0.1, 0.15) is 25.8 Å². The predicted molar refractivity (Wildman–Crippen MR) is 130 cm³/mol. The summed E-state index contributed by atoms with van der Waals surface area (Å²) in [5, 5.41) is 5.74. The van der Waals surface area contributed by atoms with Gasteiger partial charge in [0.1, 0.15) is 0 Å². The number of hydrogen-bond donors (Lipinski definition) is 2. The van der Waals surface area contributed by atoms with E-state index in [-0.39, 0.29) is 36.6 Å². The summed E-state index contributed by atoms with van der Waals surface area (Å²) in [6.07, 6.45) is 0.0747. The van der Waals surface area contributed by atoms with Gasteiger partial charge >= 0.3 is 0 Å². The third-order valence-corrected chi connectivity index (χ3v) is 5.74. The molecule has 0 saturated carbocycles. The number of nitrogens with one attached hydrogen (secondary N) is 2. The van der Waals surface area contributed by atoms with Crippen molar-refractivity contribution in [2.75, 3.05) is 43.4 Å². The van der Waals surface area contributed by atoms with Crippen LogP contribution in [0.25, 0.3) is 0 Å². The molecule has 0 bridgehead atoms. The number of amides is 3. The van der Waals surface area contributed by atoms with Gasteiger partial charge in [-0.05, 0) is 24.6 Å². The van der Waals surface area contributed by atoms with Crippen molar-refractivity contribution in [1.82, 2.24) is 0 Å². The summed E-state index contributed by atoms with van der Waals surface area (Å²) < 4.78 is 16.1. The van der Waals surface area contributed by atoms with Gasteiger partial charge in [-0.1, -0.05) is 19.9 Å². The number of carbonyl (C=O) groups excluding carboxylic acids is 3. The molecule has 0 radical (unpaired) electrons. The lowest BCUT2D eigenvalue weighted by Crippen LogP contribution is -2.28. The second-order valence-corrected chi connectivity index (χ2v) is 8.45. The van der Waals surface area contributed by atoms with Gasteiger partial charge in [-0.25, -0.2) is 0 Å². The lowest BCUT2D eigenvalue weighted by atomic mass is 10.1. The zero-order chi connectivity index (χ0) is 25.0.